The van der Waals surface area contributed by atoms with Gasteiger partial charge in [-0.2, -0.15) is 0 Å². The van der Waals surface area contributed by atoms with E-state index in [0.717, 1.165) is 10.9 Å². The number of hydrogen-bond donors (Lipinski definition) is 1. The highest BCUT2D eigenvalue weighted by Gasteiger charge is 2.22. The van der Waals surface area contributed by atoms with Crippen molar-refractivity contribution in [1.82, 2.24) is 0 Å². The molecule has 1 N–H and O–H groups in total. The number of benzene rings is 1. The van der Waals surface area contributed by atoms with Gasteiger partial charge in [-0.1, -0.05) is 34.8 Å². The lowest BCUT2D eigenvalue weighted by Crippen LogP contribution is -2.09. The van der Waals surface area contributed by atoms with Crippen molar-refractivity contribution in [2.24, 2.45) is 0 Å². The molecule has 1 aromatic carbocycles. The van der Waals surface area contributed by atoms with Crippen molar-refractivity contribution in [2.45, 2.75) is 13.8 Å². The molecule has 0 saturated carbocycles. The summed E-state index contributed by atoms with van der Waals surface area (Å²) < 4.78 is 10.3. The van der Waals surface area contributed by atoms with E-state index >= 15 is 0 Å². The molecular formula is C10H12Cl3O4PS. The summed E-state index contributed by atoms with van der Waals surface area (Å²) in [5, 5.41) is 0.282. The summed E-state index contributed by atoms with van der Waals surface area (Å²) in [6.07, 6.45) is 0. The van der Waals surface area contributed by atoms with Crippen LogP contribution in [0.1, 0.15) is 13.8 Å². The number of halogens is 3. The molecule has 9 heteroatoms. The molecule has 0 aliphatic heterocycles. The van der Waals surface area contributed by atoms with Gasteiger partial charge in [-0.25, -0.2) is 0 Å². The predicted octanol–water partition coefficient (Wildman–Crippen LogP) is 3.56. The van der Waals surface area contributed by atoms with Gasteiger partial charge in [0.15, 0.2) is 17.3 Å². The summed E-state index contributed by atoms with van der Waals surface area (Å²) in [5.74, 6) is 0.520. The third-order valence-corrected chi connectivity index (χ3v) is 5.99. The van der Waals surface area contributed by atoms with Crippen molar-refractivity contribution in [3.8, 4) is 11.5 Å². The zero-order chi connectivity index (χ0) is 14.6. The SMILES string of the molecule is CCOc1c(Cl)c(Cl)cc(OP([O-])(O)=[S+]CC)c1Cl. The average Bonchev–Trinajstić information content (AvgIpc) is 2.31. The van der Waals surface area contributed by atoms with E-state index in [0.29, 0.717) is 12.4 Å². The van der Waals surface area contributed by atoms with Gasteiger partial charge < -0.3 is 19.0 Å². The van der Waals surface area contributed by atoms with Crippen LogP contribution in [0.4, 0.5) is 0 Å². The molecule has 0 aliphatic rings. The van der Waals surface area contributed by atoms with Crippen LogP contribution in [0.2, 0.25) is 15.1 Å². The van der Waals surface area contributed by atoms with Crippen molar-refractivity contribution >= 4 is 52.5 Å². The van der Waals surface area contributed by atoms with Gasteiger partial charge in [-0.15, -0.1) is 0 Å². The number of rotatable bonds is 5. The predicted molar refractivity (Wildman–Crippen MR) is 80.3 cm³/mol. The molecule has 19 heavy (non-hydrogen) atoms. The summed E-state index contributed by atoms with van der Waals surface area (Å²) in [7, 11) is 0.780. The van der Waals surface area contributed by atoms with Crippen LogP contribution in [0.3, 0.4) is 0 Å². The largest absolute Gasteiger partial charge is 0.731 e. The molecule has 0 saturated heterocycles. The van der Waals surface area contributed by atoms with Gasteiger partial charge >= 0.3 is 6.72 Å². The standard InChI is InChI=1S/C10H12Cl3O4PS/c1-3-16-10-8(12)6(11)5-7(9(10)13)17-18(14,15)19-4-2/h5H,3-4H2,1-2H3,(H-,14,15). The Morgan fingerprint density at radius 3 is 2.47 bits per heavy atom. The third kappa shape index (κ3) is 4.64. The van der Waals surface area contributed by atoms with Crippen LogP contribution in [-0.2, 0) is 10.9 Å². The first-order valence-corrected chi connectivity index (χ1v) is 9.59. The highest BCUT2D eigenvalue weighted by atomic mass is 35.5. The Morgan fingerprint density at radius 2 is 1.95 bits per heavy atom. The zero-order valence-electron chi connectivity index (χ0n) is 10.2. The quantitative estimate of drug-likeness (QED) is 0.492. The normalized spacial score (nSPS) is 13.8. The highest BCUT2D eigenvalue weighted by molar-refractivity contribution is 8.16. The number of hydrogen-bond acceptors (Lipinski definition) is 3. The van der Waals surface area contributed by atoms with E-state index in [1.807, 2.05) is 0 Å². The van der Waals surface area contributed by atoms with Crippen LogP contribution in [-0.4, -0.2) is 17.3 Å². The average molecular weight is 366 g/mol. The zero-order valence-corrected chi connectivity index (χ0v) is 14.1. The molecule has 0 aliphatic carbocycles. The maximum Gasteiger partial charge on any atom is 0.368 e. The molecule has 1 aromatic rings. The van der Waals surface area contributed by atoms with Crippen LogP contribution >= 0.6 is 41.5 Å². The maximum absolute atomic E-state index is 11.7. The van der Waals surface area contributed by atoms with Crippen LogP contribution in [0.25, 0.3) is 0 Å². The Hall–Kier alpha value is 0.260. The molecule has 0 radical (unpaired) electrons. The Kier molecular flexibility index (Phi) is 6.67. The van der Waals surface area contributed by atoms with Gasteiger partial charge in [0.25, 0.3) is 0 Å². The van der Waals surface area contributed by atoms with Gasteiger partial charge in [-0.05, 0) is 13.8 Å². The third-order valence-electron chi connectivity index (χ3n) is 1.88. The van der Waals surface area contributed by atoms with E-state index in [4.69, 9.17) is 44.1 Å². The van der Waals surface area contributed by atoms with Gasteiger partial charge in [0.05, 0.1) is 11.6 Å². The topological polar surface area (TPSA) is 61.8 Å². The Labute approximate surface area is 130 Å². The summed E-state index contributed by atoms with van der Waals surface area (Å²) in [4.78, 5) is 21.3. The minimum Gasteiger partial charge on any atom is -0.731 e. The van der Waals surface area contributed by atoms with Crippen LogP contribution < -0.4 is 14.2 Å². The molecule has 0 heterocycles. The first-order chi connectivity index (χ1) is 8.82. The Bertz CT molecular complexity index is 518. The monoisotopic (exact) mass is 364 g/mol. The van der Waals surface area contributed by atoms with Crippen molar-refractivity contribution in [2.75, 3.05) is 12.4 Å². The lowest BCUT2D eigenvalue weighted by Gasteiger charge is -2.18. The van der Waals surface area contributed by atoms with Crippen molar-refractivity contribution in [3.63, 3.8) is 0 Å². The molecule has 0 amide bonds. The fourth-order valence-corrected chi connectivity index (χ4v) is 4.09. The second-order valence-electron chi connectivity index (χ2n) is 3.22. The molecule has 1 rings (SSSR count). The molecule has 1 atom stereocenters. The molecule has 1 unspecified atom stereocenters. The first kappa shape index (κ1) is 17.3. The maximum atomic E-state index is 11.7. The molecule has 0 bridgehead atoms. The van der Waals surface area contributed by atoms with Crippen molar-refractivity contribution < 1.29 is 19.0 Å². The van der Waals surface area contributed by atoms with E-state index < -0.39 is 6.72 Å². The van der Waals surface area contributed by atoms with E-state index in [1.54, 1.807) is 13.8 Å². The summed E-state index contributed by atoms with van der Waals surface area (Å²) in [6, 6.07) is 1.29. The second-order valence-corrected chi connectivity index (χ2v) is 8.50. The molecule has 0 fully saturated rings. The minimum absolute atomic E-state index is 0.0160. The molecule has 108 valence electrons. The van der Waals surface area contributed by atoms with Gasteiger partial charge in [0, 0.05) is 6.07 Å². The van der Waals surface area contributed by atoms with Crippen LogP contribution in [0.5, 0.6) is 11.5 Å². The number of ether oxygens (including phenoxy) is 1. The fraction of sp³-hybridized carbons (Fsp3) is 0.400. The van der Waals surface area contributed by atoms with E-state index in [9.17, 15) is 9.79 Å². The summed E-state index contributed by atoms with van der Waals surface area (Å²) in [5.41, 5.74) is 0. The van der Waals surface area contributed by atoms with Gasteiger partial charge in [0.2, 0.25) is 10.9 Å². The molecule has 0 aromatic heterocycles. The van der Waals surface area contributed by atoms with Crippen molar-refractivity contribution in [3.05, 3.63) is 21.1 Å². The molecule has 4 nitrogen and oxygen atoms in total. The highest BCUT2D eigenvalue weighted by Crippen LogP contribution is 2.48. The molecule has 0 spiro atoms. The van der Waals surface area contributed by atoms with E-state index in [2.05, 4.69) is 0 Å². The summed E-state index contributed by atoms with van der Waals surface area (Å²) >= 11 is 17.9. The lowest BCUT2D eigenvalue weighted by atomic mass is 10.3. The van der Waals surface area contributed by atoms with Crippen LogP contribution in [0, 0.1) is 0 Å². The smallest absolute Gasteiger partial charge is 0.368 e. The van der Waals surface area contributed by atoms with Gasteiger partial charge in [0.1, 0.15) is 10.0 Å². The Balaban J connectivity index is 3.27. The lowest BCUT2D eigenvalue weighted by molar-refractivity contribution is -0.193. The van der Waals surface area contributed by atoms with Crippen molar-refractivity contribution in [1.29, 1.82) is 0 Å². The summed E-state index contributed by atoms with van der Waals surface area (Å²) in [6.45, 7) is -0.0379. The first-order valence-electron chi connectivity index (χ1n) is 5.29. The minimum atomic E-state index is -3.84. The van der Waals surface area contributed by atoms with E-state index in [-0.39, 0.29) is 26.6 Å². The van der Waals surface area contributed by atoms with E-state index in [1.165, 1.54) is 6.07 Å². The van der Waals surface area contributed by atoms with Gasteiger partial charge in [-0.3, -0.25) is 0 Å². The fourth-order valence-electron chi connectivity index (χ4n) is 1.21. The second kappa shape index (κ2) is 7.32. The molecular weight excluding hydrogens is 354 g/mol. The Morgan fingerprint density at radius 1 is 1.32 bits per heavy atom. The van der Waals surface area contributed by atoms with Crippen LogP contribution in [0.15, 0.2) is 6.07 Å².